The number of hydrogen-bond acceptors (Lipinski definition) is 3. The number of hydrogen-bond donors (Lipinski definition) is 2. The van der Waals surface area contributed by atoms with Crippen LogP contribution in [0.2, 0.25) is 0 Å². The molecule has 2 atom stereocenters. The fourth-order valence-corrected chi connectivity index (χ4v) is 3.02. The summed E-state index contributed by atoms with van der Waals surface area (Å²) in [5.74, 6) is -0.292. The summed E-state index contributed by atoms with van der Waals surface area (Å²) in [4.78, 5) is 0. The van der Waals surface area contributed by atoms with Crippen molar-refractivity contribution < 1.29 is 14.2 Å². The fourth-order valence-electron chi connectivity index (χ4n) is 2.51. The first-order valence-electron chi connectivity index (χ1n) is 6.43. The molecule has 19 heavy (non-hydrogen) atoms. The number of ether oxygens (including phenoxy) is 1. The van der Waals surface area contributed by atoms with Crippen molar-refractivity contribution in [3.05, 3.63) is 34.1 Å². The smallest absolute Gasteiger partial charge is 0.124 e. The average molecular weight is 332 g/mol. The van der Waals surface area contributed by atoms with Crippen molar-refractivity contribution in [3.63, 3.8) is 0 Å². The summed E-state index contributed by atoms with van der Waals surface area (Å²) < 4.78 is 19.4. The maximum Gasteiger partial charge on any atom is 0.124 e. The number of rotatable bonds is 4. The van der Waals surface area contributed by atoms with Gasteiger partial charge in [0.25, 0.3) is 0 Å². The Balaban J connectivity index is 1.98. The third kappa shape index (κ3) is 4.84. The molecular weight excluding hydrogens is 313 g/mol. The van der Waals surface area contributed by atoms with Crippen LogP contribution in [-0.2, 0) is 11.2 Å². The predicted molar refractivity (Wildman–Crippen MR) is 75.7 cm³/mol. The van der Waals surface area contributed by atoms with E-state index in [1.807, 2.05) is 6.07 Å². The summed E-state index contributed by atoms with van der Waals surface area (Å²) in [5, 5.41) is 13.8. The minimum atomic E-state index is -0.883. The van der Waals surface area contributed by atoms with Gasteiger partial charge in [0.2, 0.25) is 0 Å². The lowest BCUT2D eigenvalue weighted by atomic mass is 9.90. The molecule has 5 heteroatoms. The maximum absolute atomic E-state index is 13.3. The van der Waals surface area contributed by atoms with E-state index in [0.717, 1.165) is 18.7 Å². The van der Waals surface area contributed by atoms with E-state index in [1.165, 1.54) is 12.1 Å². The molecule has 1 aromatic rings. The zero-order valence-corrected chi connectivity index (χ0v) is 12.5. The highest BCUT2D eigenvalue weighted by Crippen LogP contribution is 2.23. The molecule has 1 saturated heterocycles. The summed E-state index contributed by atoms with van der Waals surface area (Å²) in [6, 6.07) is 4.86. The van der Waals surface area contributed by atoms with Crippen LogP contribution < -0.4 is 5.32 Å². The molecule has 1 heterocycles. The van der Waals surface area contributed by atoms with Gasteiger partial charge in [0.05, 0.1) is 18.8 Å². The van der Waals surface area contributed by atoms with E-state index in [-0.39, 0.29) is 11.9 Å². The maximum atomic E-state index is 13.3. The summed E-state index contributed by atoms with van der Waals surface area (Å²) in [5.41, 5.74) is -0.0976. The molecule has 2 N–H and O–H groups in total. The van der Waals surface area contributed by atoms with E-state index in [4.69, 9.17) is 4.74 Å². The number of halogens is 2. The van der Waals surface area contributed by atoms with Gasteiger partial charge in [0, 0.05) is 23.5 Å². The molecule has 2 rings (SSSR count). The van der Waals surface area contributed by atoms with Crippen LogP contribution in [0.25, 0.3) is 0 Å². The van der Waals surface area contributed by atoms with Gasteiger partial charge in [0.1, 0.15) is 5.82 Å². The van der Waals surface area contributed by atoms with Gasteiger partial charge in [-0.3, -0.25) is 0 Å². The molecule has 0 amide bonds. The Morgan fingerprint density at radius 3 is 2.95 bits per heavy atom. The highest BCUT2D eigenvalue weighted by molar-refractivity contribution is 9.10. The molecule has 1 aromatic carbocycles. The quantitative estimate of drug-likeness (QED) is 0.889. The number of morpholine rings is 1. The largest absolute Gasteiger partial charge is 0.390 e. The number of nitrogens with one attached hydrogen (secondary N) is 1. The van der Waals surface area contributed by atoms with Gasteiger partial charge < -0.3 is 15.2 Å². The van der Waals surface area contributed by atoms with Gasteiger partial charge in [-0.1, -0.05) is 15.9 Å². The van der Waals surface area contributed by atoms with E-state index in [9.17, 15) is 9.50 Å². The zero-order chi connectivity index (χ0) is 13.9. The van der Waals surface area contributed by atoms with Crippen molar-refractivity contribution in [2.75, 3.05) is 19.8 Å². The number of benzene rings is 1. The van der Waals surface area contributed by atoms with Crippen LogP contribution in [-0.4, -0.2) is 36.5 Å². The van der Waals surface area contributed by atoms with Crippen LogP contribution in [0.4, 0.5) is 4.39 Å². The molecule has 0 saturated carbocycles. The second-order valence-corrected chi connectivity index (χ2v) is 6.30. The van der Waals surface area contributed by atoms with Gasteiger partial charge >= 0.3 is 0 Å². The first kappa shape index (κ1) is 14.9. The Kier molecular flexibility index (Phi) is 4.95. The van der Waals surface area contributed by atoms with E-state index in [1.54, 1.807) is 6.92 Å². The summed E-state index contributed by atoms with van der Waals surface area (Å²) >= 11 is 3.27. The summed E-state index contributed by atoms with van der Waals surface area (Å²) in [6.45, 7) is 3.92. The van der Waals surface area contributed by atoms with Crippen molar-refractivity contribution in [1.29, 1.82) is 0 Å². The lowest BCUT2D eigenvalue weighted by Gasteiger charge is -2.31. The standard InChI is InChI=1S/C14H19BrFNO2/c1-14(18,8-13-9-19-3-2-17-13)7-10-4-11(15)6-12(16)5-10/h4-6,13,17-18H,2-3,7-9H2,1H3. The highest BCUT2D eigenvalue weighted by atomic mass is 79.9. The Labute approximate surface area is 121 Å². The van der Waals surface area contributed by atoms with E-state index in [2.05, 4.69) is 21.2 Å². The van der Waals surface area contributed by atoms with Gasteiger partial charge in [-0.2, -0.15) is 0 Å². The van der Waals surface area contributed by atoms with Gasteiger partial charge in [0.15, 0.2) is 0 Å². The fraction of sp³-hybridized carbons (Fsp3) is 0.571. The highest BCUT2D eigenvalue weighted by Gasteiger charge is 2.27. The van der Waals surface area contributed by atoms with Crippen LogP contribution in [0.5, 0.6) is 0 Å². The minimum Gasteiger partial charge on any atom is -0.390 e. The Bertz CT molecular complexity index is 413. The molecule has 1 fully saturated rings. The predicted octanol–water partition coefficient (Wildman–Crippen LogP) is 2.26. The SMILES string of the molecule is CC(O)(Cc1cc(F)cc(Br)c1)CC1COCCN1. The number of aliphatic hydroxyl groups is 1. The molecule has 0 aromatic heterocycles. The molecule has 0 aliphatic carbocycles. The molecule has 0 bridgehead atoms. The molecule has 2 unspecified atom stereocenters. The van der Waals surface area contributed by atoms with Crippen LogP contribution in [0, 0.1) is 5.82 Å². The molecule has 0 spiro atoms. The van der Waals surface area contributed by atoms with Crippen molar-refractivity contribution in [2.24, 2.45) is 0 Å². The summed E-state index contributed by atoms with van der Waals surface area (Å²) in [7, 11) is 0. The molecule has 3 nitrogen and oxygen atoms in total. The Hall–Kier alpha value is -0.490. The molecule has 1 aliphatic heterocycles. The molecule has 1 aliphatic rings. The van der Waals surface area contributed by atoms with Crippen molar-refractivity contribution in [2.45, 2.75) is 31.4 Å². The van der Waals surface area contributed by atoms with Gasteiger partial charge in [-0.05, 0) is 37.1 Å². The molecular formula is C14H19BrFNO2. The van der Waals surface area contributed by atoms with Crippen molar-refractivity contribution in [3.8, 4) is 0 Å². The lowest BCUT2D eigenvalue weighted by molar-refractivity contribution is 0.00647. The van der Waals surface area contributed by atoms with Gasteiger partial charge in [-0.15, -0.1) is 0 Å². The van der Waals surface area contributed by atoms with Crippen LogP contribution >= 0.6 is 15.9 Å². The topological polar surface area (TPSA) is 41.5 Å². The van der Waals surface area contributed by atoms with Crippen molar-refractivity contribution >= 4 is 15.9 Å². The second-order valence-electron chi connectivity index (χ2n) is 5.38. The van der Waals surface area contributed by atoms with Crippen LogP contribution in [0.1, 0.15) is 18.9 Å². The normalized spacial score (nSPS) is 23.1. The monoisotopic (exact) mass is 331 g/mol. The van der Waals surface area contributed by atoms with Crippen molar-refractivity contribution in [1.82, 2.24) is 5.32 Å². The van der Waals surface area contributed by atoms with Crippen LogP contribution in [0.15, 0.2) is 22.7 Å². The third-order valence-corrected chi connectivity index (χ3v) is 3.65. The lowest BCUT2D eigenvalue weighted by Crippen LogP contribution is -2.46. The van der Waals surface area contributed by atoms with Crippen LogP contribution in [0.3, 0.4) is 0 Å². The van der Waals surface area contributed by atoms with E-state index < -0.39 is 5.60 Å². The molecule has 0 radical (unpaired) electrons. The Morgan fingerprint density at radius 1 is 1.53 bits per heavy atom. The first-order chi connectivity index (χ1) is 8.94. The van der Waals surface area contributed by atoms with Gasteiger partial charge in [-0.25, -0.2) is 4.39 Å². The first-order valence-corrected chi connectivity index (χ1v) is 7.22. The van der Waals surface area contributed by atoms with E-state index >= 15 is 0 Å². The third-order valence-electron chi connectivity index (χ3n) is 3.19. The minimum absolute atomic E-state index is 0.153. The summed E-state index contributed by atoms with van der Waals surface area (Å²) in [6.07, 6.45) is 1.00. The Morgan fingerprint density at radius 2 is 2.32 bits per heavy atom. The zero-order valence-electron chi connectivity index (χ0n) is 11.0. The van der Waals surface area contributed by atoms with E-state index in [0.29, 0.717) is 23.9 Å². The molecule has 106 valence electrons. The average Bonchev–Trinajstić information content (AvgIpc) is 2.27. The second kappa shape index (κ2) is 6.31.